The summed E-state index contributed by atoms with van der Waals surface area (Å²) in [6.45, 7) is 8.62. The van der Waals surface area contributed by atoms with E-state index in [1.165, 1.54) is 28.6 Å². The highest BCUT2D eigenvalue weighted by molar-refractivity contribution is 7.89. The van der Waals surface area contributed by atoms with Crippen LogP contribution in [-0.2, 0) is 26.0 Å². The molecule has 3 saturated heterocycles. The van der Waals surface area contributed by atoms with Gasteiger partial charge in [-0.2, -0.15) is 4.31 Å². The number of hydrogen-bond acceptors (Lipinski definition) is 12. The van der Waals surface area contributed by atoms with E-state index < -0.39 is 39.7 Å². The molecule has 63 heavy (non-hydrogen) atoms. The van der Waals surface area contributed by atoms with Crippen LogP contribution < -0.4 is 15.1 Å². The fraction of sp³-hybridized carbons (Fsp3) is 0.364. The number of nitrogens with one attached hydrogen (secondary N) is 1. The Bertz CT molecular complexity index is 2340. The second kappa shape index (κ2) is 22.3. The van der Waals surface area contributed by atoms with E-state index in [1.807, 2.05) is 35.2 Å². The van der Waals surface area contributed by atoms with Crippen LogP contribution in [0.3, 0.4) is 0 Å². The molecule has 3 fully saturated rings. The van der Waals surface area contributed by atoms with Gasteiger partial charge in [0.1, 0.15) is 18.2 Å². The molecular weight excluding hydrogens is 876 g/mol. The van der Waals surface area contributed by atoms with Gasteiger partial charge in [-0.15, -0.1) is 24.8 Å². The third-order valence-corrected chi connectivity index (χ3v) is 12.9. The first-order valence-electron chi connectivity index (χ1n) is 20.3. The van der Waals surface area contributed by atoms with E-state index in [4.69, 9.17) is 4.74 Å². The van der Waals surface area contributed by atoms with Gasteiger partial charge in [0.25, 0.3) is 0 Å². The highest BCUT2D eigenvalue weighted by Gasteiger charge is 2.44. The second-order valence-corrected chi connectivity index (χ2v) is 17.5. The van der Waals surface area contributed by atoms with Crippen molar-refractivity contribution >= 4 is 58.7 Å². The summed E-state index contributed by atoms with van der Waals surface area (Å²) in [4.78, 5) is 49.0. The van der Waals surface area contributed by atoms with Crippen LogP contribution in [0.2, 0.25) is 0 Å². The lowest BCUT2D eigenvalue weighted by molar-refractivity contribution is -0.134. The predicted molar refractivity (Wildman–Crippen MR) is 242 cm³/mol. The van der Waals surface area contributed by atoms with Crippen molar-refractivity contribution in [2.24, 2.45) is 11.8 Å². The third-order valence-electron chi connectivity index (χ3n) is 11.0. The average molecular weight is 927 g/mol. The van der Waals surface area contributed by atoms with Crippen molar-refractivity contribution in [3.8, 4) is 22.3 Å². The van der Waals surface area contributed by atoms with Crippen molar-refractivity contribution in [3.05, 3.63) is 121 Å². The van der Waals surface area contributed by atoms with Crippen LogP contribution in [-0.4, -0.2) is 120 Å². The molecule has 2 amide bonds. The van der Waals surface area contributed by atoms with E-state index in [9.17, 15) is 26.8 Å². The molecule has 2 aromatic heterocycles. The second-order valence-electron chi connectivity index (χ2n) is 15.4. The Kier molecular flexibility index (Phi) is 17.3. The molecule has 2 unspecified atom stereocenters. The van der Waals surface area contributed by atoms with E-state index in [2.05, 4.69) is 30.2 Å². The number of sulfonamides is 1. The van der Waals surface area contributed by atoms with E-state index in [0.717, 1.165) is 64.8 Å². The van der Waals surface area contributed by atoms with Crippen LogP contribution >= 0.6 is 24.8 Å². The Morgan fingerprint density at radius 1 is 0.714 bits per heavy atom. The molecule has 8 rings (SSSR count). The first kappa shape index (κ1) is 48.7. The molecular formula is C44H51Cl2F2N9O5S. The number of carbonyl (C=O) groups is 2. The van der Waals surface area contributed by atoms with E-state index in [-0.39, 0.29) is 62.1 Å². The molecule has 5 heterocycles. The quantitative estimate of drug-likeness (QED) is 0.162. The van der Waals surface area contributed by atoms with E-state index in [1.54, 1.807) is 62.9 Å². The molecule has 1 N–H and O–H groups in total. The number of amides is 2. The van der Waals surface area contributed by atoms with Crippen molar-refractivity contribution < 1.29 is 31.5 Å². The van der Waals surface area contributed by atoms with Crippen LogP contribution in [0.25, 0.3) is 22.3 Å². The van der Waals surface area contributed by atoms with Crippen molar-refractivity contribution in [3.63, 3.8) is 0 Å². The van der Waals surface area contributed by atoms with Crippen molar-refractivity contribution in [1.29, 1.82) is 0 Å². The van der Waals surface area contributed by atoms with Crippen molar-refractivity contribution in [2.75, 3.05) is 74.5 Å². The molecule has 3 aromatic carbocycles. The summed E-state index contributed by atoms with van der Waals surface area (Å²) in [6, 6.07) is 21.4. The SMILES string of the molecule is CC(C)C(CS(=O)(=O)N1CCN(c2ncc(-c3ccc(F)cc3)cn2)CC1)C(=O)N1C(=O)OCC1Cc1ccccc1.Cl.Cl.Fc1ccc(-c2cnc(N3CCNCC3)nc2)cc1. The summed E-state index contributed by atoms with van der Waals surface area (Å²) in [5.74, 6) is -1.45. The zero-order chi connectivity index (χ0) is 42.9. The number of carbonyl (C=O) groups excluding carboxylic acids is 2. The maximum absolute atomic E-state index is 13.6. The third kappa shape index (κ3) is 12.4. The van der Waals surface area contributed by atoms with Crippen molar-refractivity contribution in [1.82, 2.24) is 34.5 Å². The zero-order valence-corrected chi connectivity index (χ0v) is 37.4. The summed E-state index contributed by atoms with van der Waals surface area (Å²) in [6.07, 6.45) is 6.60. The minimum Gasteiger partial charge on any atom is -0.447 e. The number of anilines is 2. The van der Waals surface area contributed by atoms with Crippen LogP contribution in [0.1, 0.15) is 19.4 Å². The van der Waals surface area contributed by atoms with E-state index in [0.29, 0.717) is 25.5 Å². The van der Waals surface area contributed by atoms with Crippen LogP contribution in [0.15, 0.2) is 104 Å². The maximum atomic E-state index is 13.6. The number of halogens is 4. The smallest absolute Gasteiger partial charge is 0.416 e. The molecule has 3 aliphatic rings. The fourth-order valence-electron chi connectivity index (χ4n) is 7.41. The average Bonchev–Trinajstić information content (AvgIpc) is 3.65. The van der Waals surface area contributed by atoms with Gasteiger partial charge < -0.3 is 19.9 Å². The standard InChI is InChI=1S/C30H34FN5O5S.C14H15FN4.2ClH/c1-21(2)27(28(37)36-26(19-41-30(36)38)16-22-6-4-3-5-7-22)20-42(39,40)35-14-12-34(13-15-35)29-32-17-24(18-33-29)23-8-10-25(31)11-9-23;15-13-3-1-11(2-4-13)12-9-17-14(18-10-12)19-7-5-16-6-8-19;;/h3-11,17-18,21,26-27H,12-16,19-20H2,1-2H3;1-4,9-10,16H,5-8H2;2*1H. The Hall–Kier alpha value is -5.33. The summed E-state index contributed by atoms with van der Waals surface area (Å²) in [5.41, 5.74) is 4.32. The highest BCUT2D eigenvalue weighted by atomic mass is 35.5. The van der Waals surface area contributed by atoms with Gasteiger partial charge in [-0.3, -0.25) is 4.79 Å². The summed E-state index contributed by atoms with van der Waals surface area (Å²) in [7, 11) is -3.81. The topological polar surface area (TPSA) is 154 Å². The first-order valence-corrected chi connectivity index (χ1v) is 21.9. The molecule has 14 nitrogen and oxygen atoms in total. The van der Waals surface area contributed by atoms with Gasteiger partial charge in [0.05, 0.1) is 17.7 Å². The van der Waals surface area contributed by atoms with Gasteiger partial charge >= 0.3 is 6.09 Å². The summed E-state index contributed by atoms with van der Waals surface area (Å²) >= 11 is 0. The molecule has 19 heteroatoms. The Labute approximate surface area is 379 Å². The number of nitrogens with zero attached hydrogens (tertiary/aromatic N) is 8. The molecule has 5 aromatic rings. The van der Waals surface area contributed by atoms with Gasteiger partial charge in [0.15, 0.2) is 0 Å². The monoisotopic (exact) mass is 925 g/mol. The number of imide groups is 1. The van der Waals surface area contributed by atoms with Crippen LogP contribution in [0.4, 0.5) is 25.5 Å². The molecule has 3 aliphatic heterocycles. The minimum absolute atomic E-state index is 0. The van der Waals surface area contributed by atoms with Gasteiger partial charge in [-0.05, 0) is 53.3 Å². The fourth-order valence-corrected chi connectivity index (χ4v) is 9.32. The lowest BCUT2D eigenvalue weighted by atomic mass is 9.95. The number of aromatic nitrogens is 4. The number of rotatable bonds is 11. The maximum Gasteiger partial charge on any atom is 0.416 e. The van der Waals surface area contributed by atoms with Gasteiger partial charge in [-0.25, -0.2) is 46.8 Å². The Balaban J connectivity index is 0.000000298. The molecule has 0 radical (unpaired) electrons. The largest absolute Gasteiger partial charge is 0.447 e. The molecule has 0 aliphatic carbocycles. The zero-order valence-electron chi connectivity index (χ0n) is 34.9. The molecule has 0 bridgehead atoms. The molecule has 2 atom stereocenters. The summed E-state index contributed by atoms with van der Waals surface area (Å²) < 4.78 is 59.7. The normalized spacial score (nSPS) is 17.2. The van der Waals surface area contributed by atoms with Crippen LogP contribution in [0, 0.1) is 23.5 Å². The highest BCUT2D eigenvalue weighted by Crippen LogP contribution is 2.27. The lowest BCUT2D eigenvalue weighted by Crippen LogP contribution is -2.52. The van der Waals surface area contributed by atoms with E-state index >= 15 is 0 Å². The number of hydrogen-bond donors (Lipinski definition) is 1. The first-order chi connectivity index (χ1) is 29.4. The van der Waals surface area contributed by atoms with Crippen LogP contribution in [0.5, 0.6) is 0 Å². The van der Waals surface area contributed by atoms with Gasteiger partial charge in [0.2, 0.25) is 27.8 Å². The predicted octanol–water partition coefficient (Wildman–Crippen LogP) is 6.13. The number of benzene rings is 3. The number of cyclic esters (lactones) is 1. The Morgan fingerprint density at radius 3 is 1.67 bits per heavy atom. The molecule has 336 valence electrons. The summed E-state index contributed by atoms with van der Waals surface area (Å²) in [5, 5.41) is 3.29. The number of ether oxygens (including phenoxy) is 1. The number of piperazine rings is 2. The molecule has 0 spiro atoms. The molecule has 0 saturated carbocycles. The van der Waals surface area contributed by atoms with Crippen molar-refractivity contribution in [2.45, 2.75) is 26.3 Å². The van der Waals surface area contributed by atoms with Gasteiger partial charge in [-0.1, -0.05) is 68.4 Å². The minimum atomic E-state index is -3.81. The Morgan fingerprint density at radius 2 is 1.19 bits per heavy atom. The van der Waals surface area contributed by atoms with Gasteiger partial charge in [0, 0.05) is 88.3 Å². The lowest BCUT2D eigenvalue weighted by Gasteiger charge is -2.35.